The van der Waals surface area contributed by atoms with Gasteiger partial charge in [0, 0.05) is 0 Å². The van der Waals surface area contributed by atoms with E-state index < -0.39 is 0 Å². The minimum atomic E-state index is 1.16. The molecule has 0 aliphatic carbocycles. The summed E-state index contributed by atoms with van der Waals surface area (Å²) in [5.41, 5.74) is 0. The molecule has 0 amide bonds. The quantitative estimate of drug-likeness (QED) is 0.346. The molecule has 0 heterocycles. The molecule has 0 aromatic heterocycles. The summed E-state index contributed by atoms with van der Waals surface area (Å²) in [6.45, 7) is 4.87. The number of hydrogen-bond donors (Lipinski definition) is 0. The maximum absolute atomic E-state index is 7.32. The van der Waals surface area contributed by atoms with E-state index in [-0.39, 0.29) is 0 Å². The van der Waals surface area contributed by atoms with Crippen molar-refractivity contribution in [2.75, 3.05) is 20.6 Å². The molecule has 0 radical (unpaired) electrons. The molecule has 0 aromatic rings. The van der Waals surface area contributed by atoms with Gasteiger partial charge in [0.25, 0.3) is 0 Å². The van der Waals surface area contributed by atoms with Gasteiger partial charge < -0.3 is 4.90 Å². The highest BCUT2D eigenvalue weighted by Crippen LogP contribution is 1.95. The van der Waals surface area contributed by atoms with Crippen molar-refractivity contribution < 1.29 is 0 Å². The van der Waals surface area contributed by atoms with Crippen molar-refractivity contribution in [2.24, 2.45) is 0 Å². The highest BCUT2D eigenvalue weighted by Gasteiger charge is 1.87. The number of rotatable bonds is 5. The molecule has 0 atom stereocenters. The van der Waals surface area contributed by atoms with Crippen molar-refractivity contribution in [1.82, 2.24) is 4.90 Å². The SMILES string of the molecule is BC#N.C=CCCCCN(C)C. The van der Waals surface area contributed by atoms with Gasteiger partial charge in [-0.3, -0.25) is 0 Å². The summed E-state index contributed by atoms with van der Waals surface area (Å²) in [4.78, 5) is 2.21. The number of allylic oxidation sites excluding steroid dienone is 1. The maximum Gasteiger partial charge on any atom is 0.232 e. The highest BCUT2D eigenvalue weighted by atomic mass is 15.0. The average molecular weight is 166 g/mol. The fourth-order valence-corrected chi connectivity index (χ4v) is 0.717. The van der Waals surface area contributed by atoms with Crippen LogP contribution in [0.4, 0.5) is 0 Å². The molecular formula is C9H19BN2. The van der Waals surface area contributed by atoms with E-state index in [1.807, 2.05) is 6.08 Å². The van der Waals surface area contributed by atoms with E-state index in [9.17, 15) is 0 Å². The lowest BCUT2D eigenvalue weighted by Crippen LogP contribution is -2.12. The molecule has 0 aliphatic heterocycles. The van der Waals surface area contributed by atoms with Gasteiger partial charge in [-0.25, -0.2) is 5.26 Å². The van der Waals surface area contributed by atoms with Crippen molar-refractivity contribution in [2.45, 2.75) is 19.3 Å². The molecule has 0 saturated heterocycles. The average Bonchev–Trinajstić information content (AvgIpc) is 1.99. The van der Waals surface area contributed by atoms with Gasteiger partial charge in [0.1, 0.15) is 0 Å². The Morgan fingerprint density at radius 1 is 1.50 bits per heavy atom. The molecule has 0 spiro atoms. The summed E-state index contributed by atoms with van der Waals surface area (Å²) in [5, 5.41) is 7.32. The Hall–Kier alpha value is -0.745. The van der Waals surface area contributed by atoms with Crippen molar-refractivity contribution in [3.63, 3.8) is 0 Å². The number of unbranched alkanes of at least 4 members (excludes halogenated alkanes) is 2. The van der Waals surface area contributed by atoms with Gasteiger partial charge in [-0.05, 0) is 45.9 Å². The van der Waals surface area contributed by atoms with Crippen LogP contribution in [-0.4, -0.2) is 33.4 Å². The lowest BCUT2D eigenvalue weighted by Gasteiger charge is -2.07. The van der Waals surface area contributed by atoms with Gasteiger partial charge in [0.05, 0.1) is 0 Å². The Morgan fingerprint density at radius 3 is 2.33 bits per heavy atom. The first kappa shape index (κ1) is 13.8. The van der Waals surface area contributed by atoms with Gasteiger partial charge in [0.2, 0.25) is 7.85 Å². The van der Waals surface area contributed by atoms with Gasteiger partial charge >= 0.3 is 0 Å². The lowest BCUT2D eigenvalue weighted by molar-refractivity contribution is 0.395. The zero-order chi connectivity index (χ0) is 9.82. The van der Waals surface area contributed by atoms with Crippen molar-refractivity contribution >= 4 is 7.85 Å². The number of hydrogen-bond acceptors (Lipinski definition) is 2. The fourth-order valence-electron chi connectivity index (χ4n) is 0.717. The van der Waals surface area contributed by atoms with E-state index in [1.165, 1.54) is 27.2 Å². The second-order valence-corrected chi connectivity index (χ2v) is 2.81. The van der Waals surface area contributed by atoms with Crippen LogP contribution in [0.25, 0.3) is 0 Å². The zero-order valence-corrected chi connectivity index (χ0v) is 8.51. The summed E-state index contributed by atoms with van der Waals surface area (Å²) >= 11 is 0. The Kier molecular flexibility index (Phi) is 14.8. The summed E-state index contributed by atoms with van der Waals surface area (Å²) in [6.07, 6.45) is 5.71. The zero-order valence-electron chi connectivity index (χ0n) is 8.51. The van der Waals surface area contributed by atoms with Gasteiger partial charge in [-0.15, -0.1) is 6.58 Å². The van der Waals surface area contributed by atoms with Gasteiger partial charge in [0.15, 0.2) is 0 Å². The molecule has 0 aromatic carbocycles. The van der Waals surface area contributed by atoms with Crippen LogP contribution >= 0.6 is 0 Å². The van der Waals surface area contributed by atoms with Crippen LogP contribution < -0.4 is 0 Å². The van der Waals surface area contributed by atoms with Crippen LogP contribution in [0.5, 0.6) is 0 Å². The largest absolute Gasteiger partial charge is 0.309 e. The van der Waals surface area contributed by atoms with E-state index in [1.54, 1.807) is 5.97 Å². The minimum Gasteiger partial charge on any atom is -0.309 e. The molecule has 12 heavy (non-hydrogen) atoms. The van der Waals surface area contributed by atoms with E-state index in [0.29, 0.717) is 0 Å². The molecule has 0 bridgehead atoms. The van der Waals surface area contributed by atoms with Gasteiger partial charge in [-0.1, -0.05) is 6.08 Å². The van der Waals surface area contributed by atoms with Crippen LogP contribution in [0, 0.1) is 11.2 Å². The van der Waals surface area contributed by atoms with E-state index in [0.717, 1.165) is 6.42 Å². The standard InChI is InChI=1S/C8H17N.CH2BN/c1-4-5-6-7-8-9(2)3;2-1-3/h4H,1,5-8H2,2-3H3;2H2. The van der Waals surface area contributed by atoms with Crippen molar-refractivity contribution in [3.05, 3.63) is 12.7 Å². The fraction of sp³-hybridized carbons (Fsp3) is 0.667. The predicted molar refractivity (Wildman–Crippen MR) is 56.8 cm³/mol. The van der Waals surface area contributed by atoms with E-state index in [2.05, 4.69) is 25.6 Å². The third-order valence-electron chi connectivity index (χ3n) is 1.26. The Balaban J connectivity index is 0. The monoisotopic (exact) mass is 166 g/mol. The number of nitriles is 1. The lowest BCUT2D eigenvalue weighted by atomic mass is 10.2. The van der Waals surface area contributed by atoms with E-state index in [4.69, 9.17) is 5.26 Å². The Bertz CT molecular complexity index is 127. The van der Waals surface area contributed by atoms with Gasteiger partial charge in [-0.2, -0.15) is 0 Å². The van der Waals surface area contributed by atoms with Crippen LogP contribution in [0.15, 0.2) is 12.7 Å². The molecule has 2 nitrogen and oxygen atoms in total. The van der Waals surface area contributed by atoms with Crippen molar-refractivity contribution in [1.29, 1.82) is 5.26 Å². The minimum absolute atomic E-state index is 1.16. The second kappa shape index (κ2) is 12.9. The molecule has 3 heteroatoms. The molecule has 0 unspecified atom stereocenters. The Labute approximate surface area is 77.3 Å². The van der Waals surface area contributed by atoms with Crippen LogP contribution in [0.3, 0.4) is 0 Å². The third-order valence-corrected chi connectivity index (χ3v) is 1.26. The molecular weight excluding hydrogens is 147 g/mol. The van der Waals surface area contributed by atoms with E-state index >= 15 is 0 Å². The molecule has 0 aliphatic rings. The second-order valence-electron chi connectivity index (χ2n) is 2.81. The Morgan fingerprint density at radius 2 is 2.00 bits per heavy atom. The van der Waals surface area contributed by atoms with Crippen molar-refractivity contribution in [3.8, 4) is 5.97 Å². The topological polar surface area (TPSA) is 27.0 Å². The molecule has 0 fully saturated rings. The molecule has 0 rings (SSSR count). The number of nitrogens with zero attached hydrogens (tertiary/aromatic N) is 2. The predicted octanol–water partition coefficient (Wildman–Crippen LogP) is 1.00. The third kappa shape index (κ3) is 22.8. The summed E-state index contributed by atoms with van der Waals surface area (Å²) in [7, 11) is 5.64. The summed E-state index contributed by atoms with van der Waals surface area (Å²) in [6, 6.07) is 0. The summed E-state index contributed by atoms with van der Waals surface area (Å²) < 4.78 is 0. The molecule has 0 N–H and O–H groups in total. The van der Waals surface area contributed by atoms with Crippen LogP contribution in [0.1, 0.15) is 19.3 Å². The van der Waals surface area contributed by atoms with Crippen LogP contribution in [0.2, 0.25) is 0 Å². The smallest absolute Gasteiger partial charge is 0.232 e. The highest BCUT2D eigenvalue weighted by molar-refractivity contribution is 6.20. The molecule has 0 saturated carbocycles. The first-order valence-corrected chi connectivity index (χ1v) is 4.25. The maximum atomic E-state index is 7.32. The summed E-state index contributed by atoms with van der Waals surface area (Å²) in [5.74, 6) is 1.75. The first-order valence-electron chi connectivity index (χ1n) is 4.25. The molecule has 68 valence electrons. The van der Waals surface area contributed by atoms with Crippen LogP contribution in [-0.2, 0) is 0 Å². The normalized spacial score (nSPS) is 8.17. The first-order chi connectivity index (χ1) is 5.68.